The van der Waals surface area contributed by atoms with Gasteiger partial charge in [-0.05, 0) is 24.1 Å². The highest BCUT2D eigenvalue weighted by Gasteiger charge is 2.04. The van der Waals surface area contributed by atoms with Gasteiger partial charge in [0.1, 0.15) is 6.61 Å². The number of ether oxygens (including phenoxy) is 1. The monoisotopic (exact) mass is 257 g/mol. The van der Waals surface area contributed by atoms with Gasteiger partial charge < -0.3 is 9.57 Å². The van der Waals surface area contributed by atoms with Gasteiger partial charge in [-0.1, -0.05) is 43.0 Å². The minimum Gasteiger partial charge on any atom is -0.382 e. The van der Waals surface area contributed by atoms with Crippen LogP contribution in [0.25, 0.3) is 0 Å². The molecule has 0 fully saturated rings. The number of hydrogen-bond acceptors (Lipinski definition) is 3. The van der Waals surface area contributed by atoms with Crippen molar-refractivity contribution >= 4 is 0 Å². The van der Waals surface area contributed by atoms with Crippen LogP contribution < -0.4 is 0 Å². The first-order chi connectivity index (χ1) is 9.25. The van der Waals surface area contributed by atoms with E-state index in [4.69, 9.17) is 9.57 Å². The molecule has 0 saturated heterocycles. The molecule has 19 heavy (non-hydrogen) atoms. The zero-order valence-electron chi connectivity index (χ0n) is 11.2. The normalized spacial score (nSPS) is 13.6. The highest BCUT2D eigenvalue weighted by atomic mass is 16.7. The van der Waals surface area contributed by atoms with Crippen LogP contribution in [0.1, 0.15) is 11.1 Å². The van der Waals surface area contributed by atoms with Crippen molar-refractivity contribution in [3.05, 3.63) is 72.2 Å². The first kappa shape index (κ1) is 13.4. The maximum absolute atomic E-state index is 5.61. The molecule has 1 aromatic carbocycles. The van der Waals surface area contributed by atoms with Crippen molar-refractivity contribution in [2.45, 2.75) is 13.5 Å². The Balaban J connectivity index is 1.71. The van der Waals surface area contributed by atoms with E-state index in [0.29, 0.717) is 19.0 Å². The molecule has 100 valence electrons. The quantitative estimate of drug-likeness (QED) is 0.729. The average Bonchev–Trinajstić information content (AvgIpc) is 2.42. The highest BCUT2D eigenvalue weighted by molar-refractivity contribution is 5.24. The Labute approximate surface area is 114 Å². The van der Waals surface area contributed by atoms with E-state index in [0.717, 1.165) is 6.54 Å². The van der Waals surface area contributed by atoms with Gasteiger partial charge in [-0.3, -0.25) is 0 Å². The molecule has 3 heteroatoms. The van der Waals surface area contributed by atoms with Crippen LogP contribution in [-0.2, 0) is 16.2 Å². The molecule has 1 aliphatic heterocycles. The van der Waals surface area contributed by atoms with Gasteiger partial charge >= 0.3 is 0 Å². The third-order valence-corrected chi connectivity index (χ3v) is 2.81. The maximum atomic E-state index is 5.61. The van der Waals surface area contributed by atoms with Crippen molar-refractivity contribution in [2.75, 3.05) is 13.2 Å². The third-order valence-electron chi connectivity index (χ3n) is 2.81. The average molecular weight is 257 g/mol. The van der Waals surface area contributed by atoms with E-state index in [1.54, 1.807) is 5.06 Å². The number of rotatable bonds is 6. The van der Waals surface area contributed by atoms with E-state index in [1.807, 2.05) is 36.6 Å². The number of hydrogen-bond donors (Lipinski definition) is 0. The predicted molar refractivity (Wildman–Crippen MR) is 76.0 cm³/mol. The van der Waals surface area contributed by atoms with E-state index in [-0.39, 0.29) is 0 Å². The summed E-state index contributed by atoms with van der Waals surface area (Å²) in [5.41, 5.74) is 2.43. The molecular weight excluding hydrogens is 238 g/mol. The molecule has 1 heterocycles. The molecule has 1 aliphatic rings. The Bertz CT molecular complexity index is 491. The molecule has 0 unspecified atom stereocenters. The molecule has 0 aliphatic carbocycles. The Hall–Kier alpha value is -2.00. The lowest BCUT2D eigenvalue weighted by molar-refractivity contribution is -0.0831. The molecule has 0 N–H and O–H groups in total. The smallest absolute Gasteiger partial charge is 0.150 e. The maximum Gasteiger partial charge on any atom is 0.150 e. The van der Waals surface area contributed by atoms with Gasteiger partial charge in [0.05, 0.1) is 13.2 Å². The van der Waals surface area contributed by atoms with Crippen molar-refractivity contribution in [1.29, 1.82) is 0 Å². The summed E-state index contributed by atoms with van der Waals surface area (Å²) in [6.07, 6.45) is 7.79. The minimum atomic E-state index is 0.391. The van der Waals surface area contributed by atoms with Crippen LogP contribution in [0.15, 0.2) is 61.0 Å². The van der Waals surface area contributed by atoms with Crippen molar-refractivity contribution < 1.29 is 9.57 Å². The minimum absolute atomic E-state index is 0.391. The molecule has 0 aromatic heterocycles. The van der Waals surface area contributed by atoms with Crippen LogP contribution in [-0.4, -0.2) is 18.2 Å². The van der Waals surface area contributed by atoms with Crippen molar-refractivity contribution in [3.8, 4) is 0 Å². The molecule has 3 nitrogen and oxygen atoms in total. The van der Waals surface area contributed by atoms with E-state index >= 15 is 0 Å². The van der Waals surface area contributed by atoms with Gasteiger partial charge in [-0.25, -0.2) is 5.06 Å². The van der Waals surface area contributed by atoms with Crippen LogP contribution >= 0.6 is 0 Å². The van der Waals surface area contributed by atoms with E-state index in [9.17, 15) is 0 Å². The van der Waals surface area contributed by atoms with E-state index < -0.39 is 0 Å². The molecule has 1 aromatic rings. The Kier molecular flexibility index (Phi) is 4.81. The number of aryl methyl sites for hydroxylation is 1. The lowest BCUT2D eigenvalue weighted by atomic mass is 10.1. The van der Waals surface area contributed by atoms with E-state index in [1.165, 1.54) is 11.1 Å². The second kappa shape index (κ2) is 6.81. The summed E-state index contributed by atoms with van der Waals surface area (Å²) in [6.45, 7) is 7.63. The first-order valence-corrected chi connectivity index (χ1v) is 6.33. The molecule has 0 amide bonds. The van der Waals surface area contributed by atoms with Crippen LogP contribution in [0.4, 0.5) is 0 Å². The number of allylic oxidation sites excluding steroid dienone is 2. The second-order valence-corrected chi connectivity index (χ2v) is 4.42. The second-order valence-electron chi connectivity index (χ2n) is 4.42. The fourth-order valence-corrected chi connectivity index (χ4v) is 1.76. The fourth-order valence-electron chi connectivity index (χ4n) is 1.76. The molecule has 0 spiro atoms. The van der Waals surface area contributed by atoms with Crippen molar-refractivity contribution in [3.63, 3.8) is 0 Å². The van der Waals surface area contributed by atoms with Gasteiger partial charge in [0, 0.05) is 6.20 Å². The van der Waals surface area contributed by atoms with E-state index in [2.05, 4.69) is 25.6 Å². The largest absolute Gasteiger partial charge is 0.382 e. The fraction of sp³-hybridized carbons (Fsp3) is 0.250. The molecular formula is C16H19NO2. The van der Waals surface area contributed by atoms with Gasteiger partial charge in [0.15, 0.2) is 5.76 Å². The van der Waals surface area contributed by atoms with Crippen molar-refractivity contribution in [2.24, 2.45) is 0 Å². The topological polar surface area (TPSA) is 21.7 Å². The van der Waals surface area contributed by atoms with Gasteiger partial charge in [-0.2, -0.15) is 0 Å². The number of nitrogens with zero attached hydrogens (tertiary/aromatic N) is 1. The van der Waals surface area contributed by atoms with Gasteiger partial charge in [0.25, 0.3) is 0 Å². The zero-order chi connectivity index (χ0) is 13.5. The predicted octanol–water partition coefficient (Wildman–Crippen LogP) is 3.34. The Morgan fingerprint density at radius 3 is 2.89 bits per heavy atom. The lowest BCUT2D eigenvalue weighted by Gasteiger charge is -2.21. The summed E-state index contributed by atoms with van der Waals surface area (Å²) in [5.74, 6) is 0.605. The SMILES string of the molecule is C=C(COCc1ccccc1C)ON1C=CC=CC1. The summed E-state index contributed by atoms with van der Waals surface area (Å²) in [6, 6.07) is 8.19. The molecule has 0 bridgehead atoms. The van der Waals surface area contributed by atoms with Crippen LogP contribution in [0.5, 0.6) is 0 Å². The van der Waals surface area contributed by atoms with Gasteiger partial charge in [0.2, 0.25) is 0 Å². The summed E-state index contributed by atoms with van der Waals surface area (Å²) in [7, 11) is 0. The summed E-state index contributed by atoms with van der Waals surface area (Å²) >= 11 is 0. The number of benzene rings is 1. The summed E-state index contributed by atoms with van der Waals surface area (Å²) < 4.78 is 5.61. The molecule has 0 radical (unpaired) electrons. The van der Waals surface area contributed by atoms with Crippen LogP contribution in [0.2, 0.25) is 0 Å². The highest BCUT2D eigenvalue weighted by Crippen LogP contribution is 2.10. The first-order valence-electron chi connectivity index (χ1n) is 6.33. The summed E-state index contributed by atoms with van der Waals surface area (Å²) in [4.78, 5) is 5.54. The van der Waals surface area contributed by atoms with Crippen LogP contribution in [0.3, 0.4) is 0 Å². The number of hydroxylamine groups is 2. The standard InChI is InChI=1S/C16H19NO2/c1-14-8-4-5-9-16(14)13-18-12-15(2)19-17-10-6-3-7-11-17/h3-10H,2,11-13H2,1H3. The zero-order valence-corrected chi connectivity index (χ0v) is 11.2. The van der Waals surface area contributed by atoms with Gasteiger partial charge in [-0.15, -0.1) is 0 Å². The molecule has 2 rings (SSSR count). The lowest BCUT2D eigenvalue weighted by Crippen LogP contribution is -2.20. The Morgan fingerprint density at radius 1 is 1.32 bits per heavy atom. The molecule has 0 atom stereocenters. The van der Waals surface area contributed by atoms with Crippen molar-refractivity contribution in [1.82, 2.24) is 5.06 Å². The third kappa shape index (κ3) is 4.30. The van der Waals surface area contributed by atoms with Crippen LogP contribution in [0, 0.1) is 6.92 Å². The summed E-state index contributed by atoms with van der Waals surface area (Å²) in [5, 5.41) is 1.72. The molecule has 0 saturated carbocycles. The Morgan fingerprint density at radius 2 is 2.16 bits per heavy atom.